The molecule has 0 saturated carbocycles. The monoisotopic (exact) mass is 362 g/mol. The predicted molar refractivity (Wildman–Crippen MR) is 103 cm³/mol. The van der Waals surface area contributed by atoms with Crippen molar-refractivity contribution in [3.63, 3.8) is 0 Å². The molecular weight excluding hydrogens is 351 g/mol. The van der Waals surface area contributed by atoms with Gasteiger partial charge in [0, 0.05) is 26.9 Å². The zero-order valence-electron chi connectivity index (χ0n) is 13.5. The van der Waals surface area contributed by atoms with E-state index in [0.29, 0.717) is 27.1 Å². The van der Waals surface area contributed by atoms with E-state index in [1.165, 1.54) is 24.3 Å². The van der Waals surface area contributed by atoms with Gasteiger partial charge in [-0.05, 0) is 53.2 Å². The highest BCUT2D eigenvalue weighted by molar-refractivity contribution is 6.31. The molecule has 0 bridgehead atoms. The minimum Gasteiger partial charge on any atom is -0.507 e. The number of hydrogen-bond donors (Lipinski definition) is 1. The number of furan rings is 1. The number of phenols is 1. The molecule has 5 rings (SSSR count). The molecule has 126 valence electrons. The fourth-order valence-corrected chi connectivity index (χ4v) is 3.68. The van der Waals surface area contributed by atoms with Crippen LogP contribution in [0.1, 0.15) is 0 Å². The summed E-state index contributed by atoms with van der Waals surface area (Å²) in [5.74, 6) is -0.470. The molecule has 0 atom stereocenters. The Kier molecular flexibility index (Phi) is 3.21. The van der Waals surface area contributed by atoms with Crippen LogP contribution in [0.3, 0.4) is 0 Å². The van der Waals surface area contributed by atoms with E-state index < -0.39 is 5.82 Å². The van der Waals surface area contributed by atoms with Crippen molar-refractivity contribution >= 4 is 44.3 Å². The molecule has 4 aromatic carbocycles. The van der Waals surface area contributed by atoms with Gasteiger partial charge in [-0.2, -0.15) is 0 Å². The zero-order chi connectivity index (χ0) is 17.8. The Morgan fingerprint density at radius 3 is 2.42 bits per heavy atom. The van der Waals surface area contributed by atoms with Gasteiger partial charge >= 0.3 is 0 Å². The van der Waals surface area contributed by atoms with Gasteiger partial charge in [0.15, 0.2) is 0 Å². The van der Waals surface area contributed by atoms with Crippen molar-refractivity contribution in [1.29, 1.82) is 0 Å². The number of benzene rings is 4. The van der Waals surface area contributed by atoms with Gasteiger partial charge in [-0.15, -0.1) is 0 Å². The lowest BCUT2D eigenvalue weighted by Gasteiger charge is -2.09. The first-order valence-electron chi connectivity index (χ1n) is 8.14. The lowest BCUT2D eigenvalue weighted by molar-refractivity contribution is 0.477. The first-order valence-corrected chi connectivity index (χ1v) is 8.52. The van der Waals surface area contributed by atoms with Crippen LogP contribution in [0.15, 0.2) is 71.1 Å². The van der Waals surface area contributed by atoms with Crippen molar-refractivity contribution in [1.82, 2.24) is 0 Å². The quantitative estimate of drug-likeness (QED) is 0.351. The number of halogens is 2. The molecule has 0 spiro atoms. The first kappa shape index (κ1) is 15.2. The third-order valence-corrected chi connectivity index (χ3v) is 4.92. The van der Waals surface area contributed by atoms with Crippen LogP contribution in [0.25, 0.3) is 43.8 Å². The van der Waals surface area contributed by atoms with E-state index in [4.69, 9.17) is 16.0 Å². The van der Waals surface area contributed by atoms with Gasteiger partial charge in [0.1, 0.15) is 22.7 Å². The Morgan fingerprint density at radius 1 is 0.846 bits per heavy atom. The molecule has 5 aromatic rings. The van der Waals surface area contributed by atoms with E-state index in [1.807, 2.05) is 36.4 Å². The lowest BCUT2D eigenvalue weighted by atomic mass is 9.97. The molecule has 0 aliphatic rings. The summed E-state index contributed by atoms with van der Waals surface area (Å²) < 4.78 is 20.5. The second kappa shape index (κ2) is 5.48. The van der Waals surface area contributed by atoms with Crippen LogP contribution in [0.4, 0.5) is 4.39 Å². The van der Waals surface area contributed by atoms with Gasteiger partial charge in [-0.1, -0.05) is 35.9 Å². The highest BCUT2D eigenvalue weighted by Gasteiger charge is 2.19. The maximum Gasteiger partial charge on any atom is 0.136 e. The minimum atomic E-state index is -0.452. The van der Waals surface area contributed by atoms with Crippen molar-refractivity contribution in [3.8, 4) is 16.9 Å². The molecule has 0 aliphatic carbocycles. The summed E-state index contributed by atoms with van der Waals surface area (Å²) in [5.41, 5.74) is 1.91. The standard InChI is InChI=1S/C22H12ClFO2/c23-14-5-6-17(24)15(11-14)21-18(25)7-8-19-22(21)16-9-12-3-1-2-4-13(12)10-20(16)26-19/h1-11,25H. The summed E-state index contributed by atoms with van der Waals surface area (Å²) in [6.07, 6.45) is 0. The van der Waals surface area contributed by atoms with Crippen LogP contribution in [0, 0.1) is 5.82 Å². The smallest absolute Gasteiger partial charge is 0.136 e. The van der Waals surface area contributed by atoms with Crippen LogP contribution in [0.2, 0.25) is 5.02 Å². The van der Waals surface area contributed by atoms with Crippen LogP contribution in [0.5, 0.6) is 5.75 Å². The molecule has 0 aliphatic heterocycles. The second-order valence-corrected chi connectivity index (χ2v) is 6.69. The Bertz CT molecular complexity index is 1320. The molecule has 1 N–H and O–H groups in total. The molecule has 0 radical (unpaired) electrons. The van der Waals surface area contributed by atoms with Gasteiger partial charge in [-0.25, -0.2) is 4.39 Å². The molecule has 26 heavy (non-hydrogen) atoms. The van der Waals surface area contributed by atoms with Crippen LogP contribution >= 0.6 is 11.6 Å². The SMILES string of the molecule is Oc1ccc2oc3cc4ccccc4cc3c2c1-c1cc(Cl)ccc1F. The Hall–Kier alpha value is -3.04. The van der Waals surface area contributed by atoms with E-state index in [2.05, 4.69) is 0 Å². The van der Waals surface area contributed by atoms with Crippen LogP contribution in [-0.2, 0) is 0 Å². The van der Waals surface area contributed by atoms with Gasteiger partial charge < -0.3 is 9.52 Å². The highest BCUT2D eigenvalue weighted by atomic mass is 35.5. The number of fused-ring (bicyclic) bond motifs is 4. The average molecular weight is 363 g/mol. The summed E-state index contributed by atoms with van der Waals surface area (Å²) in [6.45, 7) is 0. The topological polar surface area (TPSA) is 33.4 Å². The van der Waals surface area contributed by atoms with E-state index in [0.717, 1.165) is 16.2 Å². The second-order valence-electron chi connectivity index (χ2n) is 6.25. The van der Waals surface area contributed by atoms with Crippen molar-refractivity contribution in [3.05, 3.63) is 77.6 Å². The highest BCUT2D eigenvalue weighted by Crippen LogP contribution is 2.43. The minimum absolute atomic E-state index is 0.0190. The van der Waals surface area contributed by atoms with Crippen LogP contribution in [-0.4, -0.2) is 5.11 Å². The molecule has 1 aromatic heterocycles. The molecule has 0 saturated heterocycles. The lowest BCUT2D eigenvalue weighted by Crippen LogP contribution is -1.87. The Labute approximate surface area is 153 Å². The first-order chi connectivity index (χ1) is 12.6. The van der Waals surface area contributed by atoms with Gasteiger partial charge in [0.25, 0.3) is 0 Å². The molecule has 0 unspecified atom stereocenters. The maximum atomic E-state index is 14.5. The Morgan fingerprint density at radius 2 is 1.62 bits per heavy atom. The molecule has 4 heteroatoms. The molecule has 1 heterocycles. The third-order valence-electron chi connectivity index (χ3n) is 4.68. The third kappa shape index (κ3) is 2.18. The van der Waals surface area contributed by atoms with E-state index in [1.54, 1.807) is 6.07 Å². The number of phenolic OH excluding ortho intramolecular Hbond substituents is 1. The summed E-state index contributed by atoms with van der Waals surface area (Å²) in [5, 5.41) is 14.5. The molecule has 0 fully saturated rings. The van der Waals surface area contributed by atoms with Gasteiger partial charge in [-0.3, -0.25) is 0 Å². The van der Waals surface area contributed by atoms with Crippen molar-refractivity contribution in [2.75, 3.05) is 0 Å². The summed E-state index contributed by atoms with van der Waals surface area (Å²) in [6, 6.07) is 19.4. The van der Waals surface area contributed by atoms with Gasteiger partial charge in [0.2, 0.25) is 0 Å². The summed E-state index contributed by atoms with van der Waals surface area (Å²) in [7, 11) is 0. The largest absolute Gasteiger partial charge is 0.507 e. The number of aromatic hydroxyl groups is 1. The number of rotatable bonds is 1. The fourth-order valence-electron chi connectivity index (χ4n) is 3.50. The fraction of sp³-hybridized carbons (Fsp3) is 0. The van der Waals surface area contributed by atoms with Crippen molar-refractivity contribution < 1.29 is 13.9 Å². The van der Waals surface area contributed by atoms with Crippen molar-refractivity contribution in [2.24, 2.45) is 0 Å². The molecule has 0 amide bonds. The normalized spacial score (nSPS) is 11.6. The maximum absolute atomic E-state index is 14.5. The summed E-state index contributed by atoms with van der Waals surface area (Å²) >= 11 is 6.07. The average Bonchev–Trinajstić information content (AvgIpc) is 2.99. The molecular formula is C22H12ClFO2. The molecule has 2 nitrogen and oxygen atoms in total. The van der Waals surface area contributed by atoms with E-state index in [-0.39, 0.29) is 11.3 Å². The van der Waals surface area contributed by atoms with E-state index in [9.17, 15) is 9.50 Å². The predicted octanol–water partition coefficient (Wildman–Crippen LogP) is 6.90. The van der Waals surface area contributed by atoms with Crippen molar-refractivity contribution in [2.45, 2.75) is 0 Å². The van der Waals surface area contributed by atoms with E-state index >= 15 is 0 Å². The number of hydrogen-bond acceptors (Lipinski definition) is 2. The Balaban J connectivity index is 1.98. The summed E-state index contributed by atoms with van der Waals surface area (Å²) in [4.78, 5) is 0. The zero-order valence-corrected chi connectivity index (χ0v) is 14.2. The van der Waals surface area contributed by atoms with Gasteiger partial charge in [0.05, 0.1) is 0 Å². The van der Waals surface area contributed by atoms with Crippen LogP contribution < -0.4 is 0 Å².